The van der Waals surface area contributed by atoms with Crippen LogP contribution in [0.4, 0.5) is 4.39 Å². The molecule has 1 aromatic carbocycles. The predicted octanol–water partition coefficient (Wildman–Crippen LogP) is 2.43. The van der Waals surface area contributed by atoms with Gasteiger partial charge in [-0.15, -0.1) is 0 Å². The van der Waals surface area contributed by atoms with Crippen LogP contribution < -0.4 is 0 Å². The molecule has 2 rings (SSSR count). The SMILES string of the molecule is CC(C1CC1)N(C)C(=O)c1cc(F)ccc1C#CCCO. The smallest absolute Gasteiger partial charge is 0.255 e. The minimum Gasteiger partial charge on any atom is -0.395 e. The van der Waals surface area contributed by atoms with Gasteiger partial charge in [-0.1, -0.05) is 11.8 Å². The molecule has 0 heterocycles. The van der Waals surface area contributed by atoms with Crippen molar-refractivity contribution in [3.8, 4) is 11.8 Å². The molecule has 1 atom stereocenters. The Morgan fingerprint density at radius 2 is 2.24 bits per heavy atom. The third-order valence-corrected chi connectivity index (χ3v) is 3.91. The second kappa shape index (κ2) is 6.73. The van der Waals surface area contributed by atoms with Gasteiger partial charge in [-0.25, -0.2) is 4.39 Å². The highest BCUT2D eigenvalue weighted by atomic mass is 19.1. The number of aliphatic hydroxyl groups excluding tert-OH is 1. The third-order valence-electron chi connectivity index (χ3n) is 3.91. The maximum atomic E-state index is 13.5. The van der Waals surface area contributed by atoms with Crippen molar-refractivity contribution < 1.29 is 14.3 Å². The molecule has 21 heavy (non-hydrogen) atoms. The van der Waals surface area contributed by atoms with E-state index in [0.29, 0.717) is 17.9 Å². The molecule has 0 saturated heterocycles. The van der Waals surface area contributed by atoms with Crippen LogP contribution >= 0.6 is 0 Å². The standard InChI is InChI=1S/C17H20FNO2/c1-12(13-6-7-13)19(2)17(21)16-11-15(18)9-8-14(16)5-3-4-10-20/h8-9,11-13,20H,4,6-7,10H2,1-2H3. The second-order valence-corrected chi connectivity index (χ2v) is 5.46. The highest BCUT2D eigenvalue weighted by molar-refractivity contribution is 5.96. The zero-order valence-corrected chi connectivity index (χ0v) is 12.4. The van der Waals surface area contributed by atoms with Crippen molar-refractivity contribution in [3.05, 3.63) is 35.1 Å². The van der Waals surface area contributed by atoms with Gasteiger partial charge in [-0.05, 0) is 43.9 Å². The lowest BCUT2D eigenvalue weighted by Gasteiger charge is -2.25. The molecule has 0 aromatic heterocycles. The van der Waals surface area contributed by atoms with Crippen molar-refractivity contribution in [2.75, 3.05) is 13.7 Å². The van der Waals surface area contributed by atoms with Gasteiger partial charge in [-0.3, -0.25) is 4.79 Å². The van der Waals surface area contributed by atoms with Crippen LogP contribution in [0.1, 0.15) is 42.1 Å². The number of carbonyl (C=O) groups excluding carboxylic acids is 1. The van der Waals surface area contributed by atoms with E-state index in [2.05, 4.69) is 11.8 Å². The fourth-order valence-corrected chi connectivity index (χ4v) is 2.29. The summed E-state index contributed by atoms with van der Waals surface area (Å²) in [5.74, 6) is 5.51. The summed E-state index contributed by atoms with van der Waals surface area (Å²) in [6.45, 7) is 1.99. The first-order valence-electron chi connectivity index (χ1n) is 7.21. The monoisotopic (exact) mass is 289 g/mol. The summed E-state index contributed by atoms with van der Waals surface area (Å²) in [4.78, 5) is 14.2. The Morgan fingerprint density at radius 3 is 2.86 bits per heavy atom. The molecule has 1 saturated carbocycles. The van der Waals surface area contributed by atoms with Crippen LogP contribution in [-0.2, 0) is 0 Å². The summed E-state index contributed by atoms with van der Waals surface area (Å²) < 4.78 is 13.5. The summed E-state index contributed by atoms with van der Waals surface area (Å²) >= 11 is 0. The van der Waals surface area contributed by atoms with Gasteiger partial charge >= 0.3 is 0 Å². The Labute approximate surface area is 124 Å². The summed E-state index contributed by atoms with van der Waals surface area (Å²) in [7, 11) is 1.75. The van der Waals surface area contributed by atoms with Crippen LogP contribution in [0.3, 0.4) is 0 Å². The van der Waals surface area contributed by atoms with Gasteiger partial charge in [0.1, 0.15) is 5.82 Å². The topological polar surface area (TPSA) is 40.5 Å². The number of benzene rings is 1. The molecule has 0 aliphatic heterocycles. The number of hydrogen-bond acceptors (Lipinski definition) is 2. The normalized spacial score (nSPS) is 15.0. The van der Waals surface area contributed by atoms with E-state index < -0.39 is 5.82 Å². The number of amides is 1. The molecule has 112 valence electrons. The van der Waals surface area contributed by atoms with E-state index >= 15 is 0 Å². The molecule has 1 amide bonds. The summed E-state index contributed by atoms with van der Waals surface area (Å²) in [6, 6.07) is 4.20. The fourth-order valence-electron chi connectivity index (χ4n) is 2.29. The molecule has 1 aromatic rings. The molecule has 4 heteroatoms. The van der Waals surface area contributed by atoms with Crippen molar-refractivity contribution in [3.63, 3.8) is 0 Å². The Morgan fingerprint density at radius 1 is 1.52 bits per heavy atom. The number of halogens is 1. The van der Waals surface area contributed by atoms with Crippen LogP contribution in [0.5, 0.6) is 0 Å². The largest absolute Gasteiger partial charge is 0.395 e. The number of carbonyl (C=O) groups is 1. The lowest BCUT2D eigenvalue weighted by atomic mass is 10.0. The minimum atomic E-state index is -0.446. The molecule has 3 nitrogen and oxygen atoms in total. The van der Waals surface area contributed by atoms with Gasteiger partial charge in [0.15, 0.2) is 0 Å². The van der Waals surface area contributed by atoms with Gasteiger partial charge in [0.2, 0.25) is 0 Å². The zero-order chi connectivity index (χ0) is 15.4. The average Bonchev–Trinajstić information content (AvgIpc) is 3.31. The first-order valence-corrected chi connectivity index (χ1v) is 7.21. The highest BCUT2D eigenvalue weighted by Crippen LogP contribution is 2.35. The van der Waals surface area contributed by atoms with Crippen LogP contribution in [0.25, 0.3) is 0 Å². The van der Waals surface area contributed by atoms with E-state index in [1.807, 2.05) is 6.92 Å². The number of nitrogens with zero attached hydrogens (tertiary/aromatic N) is 1. The third kappa shape index (κ3) is 3.83. The lowest BCUT2D eigenvalue weighted by Crippen LogP contribution is -2.36. The van der Waals surface area contributed by atoms with E-state index in [-0.39, 0.29) is 24.1 Å². The quantitative estimate of drug-likeness (QED) is 0.865. The zero-order valence-electron chi connectivity index (χ0n) is 12.4. The van der Waals surface area contributed by atoms with Gasteiger partial charge in [-0.2, -0.15) is 0 Å². The molecule has 1 unspecified atom stereocenters. The maximum Gasteiger partial charge on any atom is 0.255 e. The van der Waals surface area contributed by atoms with Crippen molar-refractivity contribution in [1.82, 2.24) is 4.90 Å². The number of rotatable bonds is 4. The summed E-state index contributed by atoms with van der Waals surface area (Å²) in [6.07, 6.45) is 2.62. The summed E-state index contributed by atoms with van der Waals surface area (Å²) in [5, 5.41) is 8.76. The maximum absolute atomic E-state index is 13.5. The molecule has 0 spiro atoms. The van der Waals surface area contributed by atoms with E-state index in [9.17, 15) is 9.18 Å². The van der Waals surface area contributed by atoms with Crippen LogP contribution in [0.15, 0.2) is 18.2 Å². The first kappa shape index (κ1) is 15.5. The van der Waals surface area contributed by atoms with Crippen LogP contribution in [0, 0.1) is 23.6 Å². The fraction of sp³-hybridized carbons (Fsp3) is 0.471. The average molecular weight is 289 g/mol. The Kier molecular flexibility index (Phi) is 4.98. The van der Waals surface area contributed by atoms with Gasteiger partial charge in [0.05, 0.1) is 12.2 Å². The predicted molar refractivity (Wildman–Crippen MR) is 79.3 cm³/mol. The van der Waals surface area contributed by atoms with Gasteiger partial charge in [0.25, 0.3) is 5.91 Å². The van der Waals surface area contributed by atoms with E-state index in [1.165, 1.54) is 18.2 Å². The van der Waals surface area contributed by atoms with E-state index in [1.54, 1.807) is 11.9 Å². The van der Waals surface area contributed by atoms with Gasteiger partial charge < -0.3 is 10.0 Å². The minimum absolute atomic E-state index is 0.0317. The molecule has 1 aliphatic rings. The van der Waals surface area contributed by atoms with Crippen LogP contribution in [-0.4, -0.2) is 35.6 Å². The number of hydrogen-bond donors (Lipinski definition) is 1. The van der Waals surface area contributed by atoms with Crippen LogP contribution in [0.2, 0.25) is 0 Å². The highest BCUT2D eigenvalue weighted by Gasteiger charge is 2.33. The summed E-state index contributed by atoms with van der Waals surface area (Å²) in [5.41, 5.74) is 0.792. The van der Waals surface area contributed by atoms with Crippen molar-refractivity contribution in [2.45, 2.75) is 32.2 Å². The van der Waals surface area contributed by atoms with E-state index in [0.717, 1.165) is 12.8 Å². The van der Waals surface area contributed by atoms with Crippen molar-refractivity contribution in [2.24, 2.45) is 5.92 Å². The Balaban J connectivity index is 2.26. The Hall–Kier alpha value is -1.86. The molecule has 0 bridgehead atoms. The molecule has 1 aliphatic carbocycles. The second-order valence-electron chi connectivity index (χ2n) is 5.46. The molecule has 1 fully saturated rings. The number of aliphatic hydroxyl groups is 1. The Bertz CT molecular complexity index is 584. The molecule has 0 radical (unpaired) electrons. The lowest BCUT2D eigenvalue weighted by molar-refractivity contribution is 0.0726. The molecular weight excluding hydrogens is 269 g/mol. The van der Waals surface area contributed by atoms with Crippen molar-refractivity contribution >= 4 is 5.91 Å². The van der Waals surface area contributed by atoms with Crippen molar-refractivity contribution in [1.29, 1.82) is 0 Å². The van der Waals surface area contributed by atoms with E-state index in [4.69, 9.17) is 5.11 Å². The first-order chi connectivity index (χ1) is 10.0. The van der Waals surface area contributed by atoms with Gasteiger partial charge in [0, 0.05) is 25.1 Å². The molecule has 1 N–H and O–H groups in total. The molecular formula is C17H20FNO2.